The summed E-state index contributed by atoms with van der Waals surface area (Å²) in [5.41, 5.74) is 9.32. The Kier molecular flexibility index (Phi) is 8.89. The summed E-state index contributed by atoms with van der Waals surface area (Å²) in [7, 11) is 0. The molecule has 3 amide bonds. The fraction of sp³-hybridized carbons (Fsp3) is 0.559. The normalized spacial score (nSPS) is 23.9. The SMILES string of the molecule is CC(=O)N1CC=C(c2cc(N3CCC[C@@H](NC(=O)c4sc(Cl)cc4OC4CC5CC(C4)N(C(=O)OC(C)(C)C)C5)C3)c3c(N)ncnn23)C1. The number of carbonyl (C=O) groups is 3. The van der Waals surface area contributed by atoms with Gasteiger partial charge < -0.3 is 35.2 Å². The molecule has 3 fully saturated rings. The van der Waals surface area contributed by atoms with Crippen LogP contribution in [0.2, 0.25) is 4.34 Å². The van der Waals surface area contributed by atoms with Crippen molar-refractivity contribution in [1.82, 2.24) is 29.7 Å². The number of halogens is 1. The molecule has 0 spiro atoms. The molecular weight excluding hydrogens is 668 g/mol. The second-order valence-corrected chi connectivity index (χ2v) is 16.2. The van der Waals surface area contributed by atoms with Crippen LogP contribution in [0.4, 0.5) is 16.3 Å². The summed E-state index contributed by atoms with van der Waals surface area (Å²) >= 11 is 7.66. The van der Waals surface area contributed by atoms with Crippen molar-refractivity contribution < 1.29 is 23.9 Å². The van der Waals surface area contributed by atoms with Gasteiger partial charge in [0.05, 0.1) is 15.7 Å². The quantitative estimate of drug-likeness (QED) is 0.367. The topological polar surface area (TPSA) is 148 Å². The van der Waals surface area contributed by atoms with Crippen molar-refractivity contribution in [1.29, 1.82) is 0 Å². The molecule has 2 saturated heterocycles. The van der Waals surface area contributed by atoms with Gasteiger partial charge in [-0.2, -0.15) is 5.10 Å². The van der Waals surface area contributed by atoms with Crippen LogP contribution in [0, 0.1) is 5.92 Å². The summed E-state index contributed by atoms with van der Waals surface area (Å²) < 4.78 is 14.4. The lowest BCUT2D eigenvalue weighted by molar-refractivity contribution is -0.127. The number of amides is 3. The minimum Gasteiger partial charge on any atom is -0.489 e. The van der Waals surface area contributed by atoms with Crippen molar-refractivity contribution in [3.63, 3.8) is 0 Å². The van der Waals surface area contributed by atoms with Gasteiger partial charge in [0.2, 0.25) is 5.91 Å². The van der Waals surface area contributed by atoms with Crippen LogP contribution >= 0.6 is 22.9 Å². The first-order chi connectivity index (χ1) is 23.3. The molecule has 1 saturated carbocycles. The Morgan fingerprint density at radius 1 is 1.14 bits per heavy atom. The largest absolute Gasteiger partial charge is 0.489 e. The van der Waals surface area contributed by atoms with E-state index in [0.29, 0.717) is 64.8 Å². The van der Waals surface area contributed by atoms with E-state index < -0.39 is 5.60 Å². The number of nitrogens with one attached hydrogen (secondary N) is 1. The van der Waals surface area contributed by atoms with E-state index in [1.807, 2.05) is 31.7 Å². The van der Waals surface area contributed by atoms with Crippen LogP contribution in [0.15, 0.2) is 24.5 Å². The van der Waals surface area contributed by atoms with Gasteiger partial charge in [-0.25, -0.2) is 14.3 Å². The molecule has 6 heterocycles. The molecule has 2 bridgehead atoms. The van der Waals surface area contributed by atoms with Gasteiger partial charge in [0.1, 0.15) is 34.2 Å². The molecule has 3 aromatic heterocycles. The number of carbonyl (C=O) groups excluding carboxylic acids is 3. The molecule has 3 unspecified atom stereocenters. The number of hydrogen-bond acceptors (Lipinski definition) is 10. The third-order valence-corrected chi connectivity index (χ3v) is 11.0. The Balaban J connectivity index is 1.03. The van der Waals surface area contributed by atoms with Gasteiger partial charge in [-0.05, 0) is 64.0 Å². The molecule has 13 nitrogen and oxygen atoms in total. The molecule has 3 N–H and O–H groups in total. The first kappa shape index (κ1) is 33.5. The number of nitrogen functional groups attached to an aromatic ring is 1. The van der Waals surface area contributed by atoms with E-state index in [4.69, 9.17) is 26.8 Å². The molecule has 7 rings (SSSR count). The van der Waals surface area contributed by atoms with Crippen molar-refractivity contribution in [2.75, 3.05) is 43.4 Å². The molecule has 15 heteroatoms. The zero-order valence-electron chi connectivity index (χ0n) is 28.3. The van der Waals surface area contributed by atoms with Crippen LogP contribution in [0.25, 0.3) is 11.1 Å². The lowest BCUT2D eigenvalue weighted by atomic mass is 9.88. The van der Waals surface area contributed by atoms with E-state index in [9.17, 15) is 14.4 Å². The maximum Gasteiger partial charge on any atom is 0.410 e. The predicted molar refractivity (Wildman–Crippen MR) is 188 cm³/mol. The van der Waals surface area contributed by atoms with Gasteiger partial charge >= 0.3 is 6.09 Å². The standard InChI is InChI=1S/C34H43ClN8O5S/c1-19(44)40-9-7-21(16-40)25-13-26(29-31(36)37-18-38-43(25)29)41-8-5-6-22(17-41)39-32(45)30-27(14-28(35)49-30)47-24-11-20-10-23(12-24)42(15-20)33(46)48-34(2,3)4/h7,13-14,18,20,22-24H,5-6,8-12,15-17H2,1-4H3,(H,39,45)(H2,36,37,38)/t20?,22-,23?,24?/m1/s1. The summed E-state index contributed by atoms with van der Waals surface area (Å²) in [4.78, 5) is 49.2. The number of nitrogens with two attached hydrogens (primary N) is 1. The summed E-state index contributed by atoms with van der Waals surface area (Å²) in [5, 5.41) is 7.75. The lowest BCUT2D eigenvalue weighted by Gasteiger charge is -2.34. The van der Waals surface area contributed by atoms with E-state index in [0.717, 1.165) is 49.2 Å². The number of likely N-dealkylation sites (tertiary alicyclic amines) is 1. The number of rotatable bonds is 6. The third kappa shape index (κ3) is 6.89. The van der Waals surface area contributed by atoms with E-state index in [-0.39, 0.29) is 36.1 Å². The minimum absolute atomic E-state index is 0.0207. The highest BCUT2D eigenvalue weighted by Gasteiger charge is 2.44. The monoisotopic (exact) mass is 710 g/mol. The Bertz CT molecular complexity index is 1820. The van der Waals surface area contributed by atoms with Crippen LogP contribution in [-0.2, 0) is 9.53 Å². The van der Waals surface area contributed by atoms with Gasteiger partial charge in [0.15, 0.2) is 5.82 Å². The number of piperidine rings is 1. The highest BCUT2D eigenvalue weighted by Crippen LogP contribution is 2.41. The lowest BCUT2D eigenvalue weighted by Crippen LogP contribution is -2.47. The summed E-state index contributed by atoms with van der Waals surface area (Å²) in [6.45, 7) is 10.3. The number of fused-ring (bicyclic) bond motifs is 3. The van der Waals surface area contributed by atoms with Gasteiger partial charge in [-0.3, -0.25) is 9.59 Å². The van der Waals surface area contributed by atoms with E-state index in [1.54, 1.807) is 22.4 Å². The van der Waals surface area contributed by atoms with Crippen molar-refractivity contribution in [3.8, 4) is 5.75 Å². The smallest absolute Gasteiger partial charge is 0.410 e. The van der Waals surface area contributed by atoms with Crippen molar-refractivity contribution in [3.05, 3.63) is 39.4 Å². The number of aromatic nitrogens is 3. The highest BCUT2D eigenvalue weighted by atomic mass is 35.5. The molecule has 0 aromatic carbocycles. The Morgan fingerprint density at radius 2 is 1.96 bits per heavy atom. The maximum atomic E-state index is 13.8. The zero-order valence-corrected chi connectivity index (χ0v) is 29.9. The van der Waals surface area contributed by atoms with Crippen LogP contribution in [0.3, 0.4) is 0 Å². The fourth-order valence-corrected chi connectivity index (χ4v) is 8.71. The summed E-state index contributed by atoms with van der Waals surface area (Å²) in [5.74, 6) is 0.961. The van der Waals surface area contributed by atoms with Crippen molar-refractivity contribution in [2.45, 2.75) is 83.6 Å². The number of hydrogen-bond donors (Lipinski definition) is 2. The third-order valence-electron chi connectivity index (χ3n) is 9.78. The highest BCUT2D eigenvalue weighted by molar-refractivity contribution is 7.18. The fourth-order valence-electron chi connectivity index (χ4n) is 7.65. The summed E-state index contributed by atoms with van der Waals surface area (Å²) in [6, 6.07) is 3.69. The molecule has 0 radical (unpaired) electrons. The van der Waals surface area contributed by atoms with Crippen LogP contribution in [0.1, 0.15) is 75.2 Å². The van der Waals surface area contributed by atoms with Crippen LogP contribution in [0.5, 0.6) is 5.75 Å². The minimum atomic E-state index is -0.553. The first-order valence-electron chi connectivity index (χ1n) is 16.9. The molecule has 1 aliphatic carbocycles. The molecule has 49 heavy (non-hydrogen) atoms. The van der Waals surface area contributed by atoms with E-state index in [1.165, 1.54) is 17.7 Å². The van der Waals surface area contributed by atoms with Crippen LogP contribution in [-0.4, -0.2) is 98.8 Å². The summed E-state index contributed by atoms with van der Waals surface area (Å²) in [6.07, 6.45) is 7.14. The Labute approximate surface area is 294 Å². The van der Waals surface area contributed by atoms with Crippen LogP contribution < -0.4 is 20.7 Å². The predicted octanol–water partition coefficient (Wildman–Crippen LogP) is 4.84. The van der Waals surface area contributed by atoms with Gasteiger partial charge in [-0.15, -0.1) is 11.3 Å². The average molecular weight is 711 g/mol. The number of anilines is 2. The number of thiophene rings is 1. The average Bonchev–Trinajstić information content (AvgIpc) is 3.81. The molecule has 4 aliphatic rings. The van der Waals surface area contributed by atoms with Gasteiger partial charge in [0.25, 0.3) is 5.91 Å². The van der Waals surface area contributed by atoms with Crippen molar-refractivity contribution in [2.24, 2.45) is 5.92 Å². The molecule has 262 valence electrons. The Morgan fingerprint density at radius 3 is 2.71 bits per heavy atom. The van der Waals surface area contributed by atoms with Gasteiger partial charge in [0, 0.05) is 64.2 Å². The molecule has 4 atom stereocenters. The van der Waals surface area contributed by atoms with E-state index in [2.05, 4.69) is 26.4 Å². The number of nitrogens with zero attached hydrogens (tertiary/aromatic N) is 6. The molecule has 3 aromatic rings. The number of ether oxygens (including phenoxy) is 2. The molecule has 3 aliphatic heterocycles. The van der Waals surface area contributed by atoms with Gasteiger partial charge in [-0.1, -0.05) is 17.7 Å². The maximum absolute atomic E-state index is 13.8. The Hall–Kier alpha value is -4.04. The zero-order chi connectivity index (χ0) is 34.6. The molecular formula is C34H43ClN8O5S. The first-order valence-corrected chi connectivity index (χ1v) is 18.1. The second-order valence-electron chi connectivity index (χ2n) is 14.6. The van der Waals surface area contributed by atoms with E-state index >= 15 is 0 Å². The second kappa shape index (κ2) is 13.0. The van der Waals surface area contributed by atoms with Crippen molar-refractivity contribution >= 4 is 63.4 Å².